The summed E-state index contributed by atoms with van der Waals surface area (Å²) in [5, 5.41) is 3.18. The number of carbonyl (C=O) groups excluding carboxylic acids is 1. The lowest BCUT2D eigenvalue weighted by Crippen LogP contribution is -2.47. The maximum Gasteiger partial charge on any atom is 0.253 e. The van der Waals surface area contributed by atoms with Gasteiger partial charge in [0.2, 0.25) is 0 Å². The molecule has 6 heteroatoms. The van der Waals surface area contributed by atoms with Crippen molar-refractivity contribution in [3.63, 3.8) is 0 Å². The highest BCUT2D eigenvalue weighted by Gasteiger charge is 2.32. The van der Waals surface area contributed by atoms with Crippen molar-refractivity contribution in [3.05, 3.63) is 34.7 Å². The highest BCUT2D eigenvalue weighted by molar-refractivity contribution is 9.10. The smallest absolute Gasteiger partial charge is 0.253 e. The third kappa shape index (κ3) is 2.58. The maximum atomic E-state index is 12.4. The Morgan fingerprint density at radius 3 is 3.10 bits per heavy atom. The summed E-state index contributed by atoms with van der Waals surface area (Å²) in [7, 11) is 0. The normalized spacial score (nSPS) is 28.0. The molecule has 5 nitrogen and oxygen atoms in total. The maximum absolute atomic E-state index is 12.4. The van der Waals surface area contributed by atoms with Crippen LogP contribution in [0.15, 0.2) is 29.1 Å². The Hall–Kier alpha value is -1.40. The van der Waals surface area contributed by atoms with Crippen molar-refractivity contribution >= 4 is 27.5 Å². The molecule has 2 aliphatic rings. The molecule has 2 aromatic heterocycles. The van der Waals surface area contributed by atoms with E-state index in [1.54, 1.807) is 0 Å². The molecule has 0 radical (unpaired) electrons. The van der Waals surface area contributed by atoms with Crippen molar-refractivity contribution in [2.45, 2.75) is 18.9 Å². The van der Waals surface area contributed by atoms with E-state index in [-0.39, 0.29) is 11.9 Å². The predicted molar refractivity (Wildman–Crippen MR) is 83.3 cm³/mol. The van der Waals surface area contributed by atoms with Gasteiger partial charge in [-0.3, -0.25) is 4.79 Å². The fourth-order valence-electron chi connectivity index (χ4n) is 3.53. The summed E-state index contributed by atoms with van der Waals surface area (Å²) >= 11 is 3.35. The van der Waals surface area contributed by atoms with Gasteiger partial charge in [0.1, 0.15) is 10.3 Å². The molecule has 2 fully saturated rings. The van der Waals surface area contributed by atoms with Crippen molar-refractivity contribution in [2.75, 3.05) is 19.6 Å². The first-order valence-corrected chi connectivity index (χ1v) is 8.14. The summed E-state index contributed by atoms with van der Waals surface area (Å²) < 4.78 is 2.64. The molecule has 0 saturated carbocycles. The lowest BCUT2D eigenvalue weighted by Gasteiger charge is -2.30. The van der Waals surface area contributed by atoms with E-state index in [0.29, 0.717) is 5.56 Å². The zero-order valence-electron chi connectivity index (χ0n) is 11.6. The first-order valence-electron chi connectivity index (χ1n) is 7.35. The summed E-state index contributed by atoms with van der Waals surface area (Å²) in [6, 6.07) is 3.99. The lowest BCUT2D eigenvalue weighted by molar-refractivity contribution is 0.0909. The highest BCUT2D eigenvalue weighted by atomic mass is 79.9. The third-order valence-corrected chi connectivity index (χ3v) is 4.87. The molecule has 0 aliphatic carbocycles. The number of hydrogen-bond donors (Lipinski definition) is 1. The highest BCUT2D eigenvalue weighted by Crippen LogP contribution is 2.26. The summed E-state index contributed by atoms with van der Waals surface area (Å²) in [5.41, 5.74) is 1.51. The first kappa shape index (κ1) is 13.3. The molecule has 0 spiro atoms. The van der Waals surface area contributed by atoms with Gasteiger partial charge in [-0.15, -0.1) is 0 Å². The largest absolute Gasteiger partial charge is 0.348 e. The monoisotopic (exact) mass is 348 g/mol. The number of halogens is 1. The topological polar surface area (TPSA) is 49.6 Å². The average Bonchev–Trinajstić information content (AvgIpc) is 2.99. The molecule has 0 aromatic carbocycles. The molecule has 2 bridgehead atoms. The molecule has 1 amide bonds. The second-order valence-electron chi connectivity index (χ2n) is 6.07. The van der Waals surface area contributed by atoms with E-state index in [9.17, 15) is 4.79 Å². The average molecular weight is 349 g/mol. The summed E-state index contributed by atoms with van der Waals surface area (Å²) in [4.78, 5) is 19.2. The number of amides is 1. The number of imidazole rings is 1. The molecule has 3 unspecified atom stereocenters. The second kappa shape index (κ2) is 5.10. The first-order chi connectivity index (χ1) is 10.2. The Morgan fingerprint density at radius 1 is 1.33 bits per heavy atom. The van der Waals surface area contributed by atoms with Gasteiger partial charge in [-0.25, -0.2) is 4.98 Å². The summed E-state index contributed by atoms with van der Waals surface area (Å²) in [6.07, 6.45) is 6.08. The fraction of sp³-hybridized carbons (Fsp3) is 0.467. The van der Waals surface area contributed by atoms with Crippen molar-refractivity contribution in [2.24, 2.45) is 5.92 Å². The van der Waals surface area contributed by atoms with E-state index in [0.717, 1.165) is 29.1 Å². The van der Waals surface area contributed by atoms with Gasteiger partial charge in [-0.05, 0) is 53.4 Å². The quantitative estimate of drug-likeness (QED) is 0.901. The summed E-state index contributed by atoms with van der Waals surface area (Å²) in [5.74, 6) is 0.769. The minimum Gasteiger partial charge on any atom is -0.348 e. The van der Waals surface area contributed by atoms with Gasteiger partial charge in [0.15, 0.2) is 0 Å². The number of nitrogens with one attached hydrogen (secondary N) is 1. The van der Waals surface area contributed by atoms with Gasteiger partial charge in [0, 0.05) is 31.5 Å². The minimum absolute atomic E-state index is 0.00854. The van der Waals surface area contributed by atoms with Gasteiger partial charge < -0.3 is 14.6 Å². The van der Waals surface area contributed by atoms with Crippen molar-refractivity contribution in [1.29, 1.82) is 0 Å². The van der Waals surface area contributed by atoms with E-state index in [4.69, 9.17) is 0 Å². The number of nitrogens with zero attached hydrogens (tertiary/aromatic N) is 3. The zero-order chi connectivity index (χ0) is 14.4. The van der Waals surface area contributed by atoms with Gasteiger partial charge in [-0.1, -0.05) is 0 Å². The van der Waals surface area contributed by atoms with E-state index >= 15 is 0 Å². The van der Waals surface area contributed by atoms with Crippen LogP contribution in [0, 0.1) is 5.92 Å². The molecule has 4 rings (SSSR count). The number of fused-ring (bicyclic) bond motifs is 3. The zero-order valence-corrected chi connectivity index (χ0v) is 13.2. The van der Waals surface area contributed by atoms with Crippen molar-refractivity contribution < 1.29 is 4.79 Å². The Morgan fingerprint density at radius 2 is 2.24 bits per heavy atom. The van der Waals surface area contributed by atoms with Crippen LogP contribution >= 0.6 is 15.9 Å². The van der Waals surface area contributed by atoms with Crippen LogP contribution in [0.4, 0.5) is 0 Å². The standard InChI is InChI=1S/C15H17BrN4O/c16-13-9-20-7-11(1-2-14(20)18-13)15(21)17-12-5-10-3-4-19(6-10)8-12/h1-2,7,9-10,12H,3-6,8H2,(H,17,21). The molecule has 110 valence electrons. The number of carbonyl (C=O) groups is 1. The van der Waals surface area contributed by atoms with Crippen LogP contribution in [0.3, 0.4) is 0 Å². The molecular weight excluding hydrogens is 332 g/mol. The molecule has 2 aliphatic heterocycles. The van der Waals surface area contributed by atoms with Crippen LogP contribution in [0.2, 0.25) is 0 Å². The third-order valence-electron chi connectivity index (χ3n) is 4.49. The molecule has 21 heavy (non-hydrogen) atoms. The molecule has 2 saturated heterocycles. The minimum atomic E-state index is 0.00854. The number of piperidine rings is 1. The van der Waals surface area contributed by atoms with E-state index in [2.05, 4.69) is 31.1 Å². The van der Waals surface area contributed by atoms with Crippen molar-refractivity contribution in [3.8, 4) is 0 Å². The van der Waals surface area contributed by atoms with Crippen LogP contribution in [-0.2, 0) is 0 Å². The number of pyridine rings is 1. The van der Waals surface area contributed by atoms with Crippen LogP contribution in [0.5, 0.6) is 0 Å². The van der Waals surface area contributed by atoms with Gasteiger partial charge >= 0.3 is 0 Å². The van der Waals surface area contributed by atoms with Crippen molar-refractivity contribution in [1.82, 2.24) is 19.6 Å². The van der Waals surface area contributed by atoms with E-state index < -0.39 is 0 Å². The molecular formula is C15H17BrN4O. The molecule has 4 heterocycles. The molecule has 3 atom stereocenters. The molecule has 2 aromatic rings. The Labute approximate surface area is 131 Å². The number of aromatic nitrogens is 2. The van der Waals surface area contributed by atoms with Crippen LogP contribution in [0.25, 0.3) is 5.65 Å². The number of rotatable bonds is 2. The van der Waals surface area contributed by atoms with Gasteiger partial charge in [0.05, 0.1) is 5.56 Å². The lowest BCUT2D eigenvalue weighted by atomic mass is 9.96. The summed E-state index contributed by atoms with van der Waals surface area (Å²) in [6.45, 7) is 3.38. The van der Waals surface area contributed by atoms with Crippen LogP contribution < -0.4 is 5.32 Å². The van der Waals surface area contributed by atoms with E-state index in [1.165, 1.54) is 19.5 Å². The SMILES string of the molecule is O=C(NC1CC2CCN(C2)C1)c1ccc2nc(Br)cn2c1. The van der Waals surface area contributed by atoms with Gasteiger partial charge in [0.25, 0.3) is 5.91 Å². The Kier molecular flexibility index (Phi) is 3.23. The van der Waals surface area contributed by atoms with E-state index in [1.807, 2.05) is 28.9 Å². The van der Waals surface area contributed by atoms with Gasteiger partial charge in [-0.2, -0.15) is 0 Å². The molecule has 1 N–H and O–H groups in total. The predicted octanol–water partition coefficient (Wildman–Crippen LogP) is 1.92. The second-order valence-corrected chi connectivity index (χ2v) is 6.88. The fourth-order valence-corrected chi connectivity index (χ4v) is 3.93. The Balaban J connectivity index is 1.50. The van der Waals surface area contributed by atoms with Crippen LogP contribution in [0.1, 0.15) is 23.2 Å². The number of hydrogen-bond acceptors (Lipinski definition) is 3. The Bertz CT molecular complexity index is 686. The van der Waals surface area contributed by atoms with Crippen LogP contribution in [-0.4, -0.2) is 45.9 Å².